The topological polar surface area (TPSA) is 12.5 Å². The molecule has 0 unspecified atom stereocenters. The lowest BCUT2D eigenvalue weighted by Gasteiger charge is -2.10. The van der Waals surface area contributed by atoms with Crippen molar-refractivity contribution in [3.8, 4) is 0 Å². The van der Waals surface area contributed by atoms with Crippen LogP contribution < -0.4 is 0 Å². The fourth-order valence-corrected chi connectivity index (χ4v) is 1.24. The van der Waals surface area contributed by atoms with E-state index in [0.717, 1.165) is 11.6 Å². The summed E-state index contributed by atoms with van der Waals surface area (Å²) in [6, 6.07) is 10.1. The third-order valence-electron chi connectivity index (χ3n) is 2.18. The zero-order valence-electron chi connectivity index (χ0n) is 12.6. The summed E-state index contributed by atoms with van der Waals surface area (Å²) in [6.45, 7) is 11.1. The first kappa shape index (κ1) is 19.8. The van der Waals surface area contributed by atoms with Crippen molar-refractivity contribution in [2.75, 3.05) is 13.7 Å². The van der Waals surface area contributed by atoms with Crippen LogP contribution in [0.1, 0.15) is 41.0 Å². The molecule has 2 nitrogen and oxygen atoms in total. The van der Waals surface area contributed by atoms with E-state index in [1.165, 1.54) is 6.42 Å². The lowest BCUT2D eigenvalue weighted by atomic mass is 10.3. The molecule has 1 saturated heterocycles. The first-order valence-electron chi connectivity index (χ1n) is 6.76. The summed E-state index contributed by atoms with van der Waals surface area (Å²) >= 11 is 5.54. The van der Waals surface area contributed by atoms with Crippen molar-refractivity contribution in [3.05, 3.63) is 35.4 Å². The molecular weight excluding hydrogens is 246 g/mol. The van der Waals surface area contributed by atoms with E-state index in [-0.39, 0.29) is 0 Å². The largest absolute Gasteiger partial charge is 0.299 e. The highest BCUT2D eigenvalue weighted by molar-refractivity contribution is 6.30. The van der Waals surface area contributed by atoms with Crippen LogP contribution in [-0.4, -0.2) is 24.8 Å². The van der Waals surface area contributed by atoms with Gasteiger partial charge in [0.25, 0.3) is 0 Å². The van der Waals surface area contributed by atoms with Crippen molar-refractivity contribution < 1.29 is 4.84 Å². The number of hydrogen-bond acceptors (Lipinski definition) is 2. The number of nitrogens with zero attached hydrogens (tertiary/aromatic N) is 1. The van der Waals surface area contributed by atoms with E-state index in [0.29, 0.717) is 6.04 Å². The fraction of sp³-hybridized carbons (Fsp3) is 0.600. The van der Waals surface area contributed by atoms with E-state index >= 15 is 0 Å². The number of rotatable bonds is 0. The summed E-state index contributed by atoms with van der Waals surface area (Å²) in [5, 5.41) is 2.70. The Morgan fingerprint density at radius 2 is 1.61 bits per heavy atom. The molecule has 1 fully saturated rings. The molecule has 0 radical (unpaired) electrons. The normalized spacial score (nSPS) is 17.4. The van der Waals surface area contributed by atoms with Crippen LogP contribution >= 0.6 is 11.6 Å². The van der Waals surface area contributed by atoms with Crippen molar-refractivity contribution in [1.82, 2.24) is 5.06 Å². The van der Waals surface area contributed by atoms with Crippen LogP contribution in [0, 0.1) is 0 Å². The van der Waals surface area contributed by atoms with Gasteiger partial charge in [-0.2, -0.15) is 5.06 Å². The van der Waals surface area contributed by atoms with Crippen molar-refractivity contribution >= 4 is 11.6 Å². The predicted molar refractivity (Wildman–Crippen MR) is 81.9 cm³/mol. The molecule has 0 aliphatic carbocycles. The van der Waals surface area contributed by atoms with Gasteiger partial charge in [-0.05, 0) is 25.5 Å². The summed E-state index contributed by atoms with van der Waals surface area (Å²) in [6.07, 6.45) is 1.18. The summed E-state index contributed by atoms with van der Waals surface area (Å²) in [4.78, 5) is 5.10. The van der Waals surface area contributed by atoms with E-state index in [1.54, 1.807) is 0 Å². The minimum absolute atomic E-state index is 0.625. The van der Waals surface area contributed by atoms with Crippen LogP contribution in [0.5, 0.6) is 0 Å². The molecule has 106 valence electrons. The molecule has 0 amide bonds. The highest BCUT2D eigenvalue weighted by atomic mass is 35.5. The van der Waals surface area contributed by atoms with E-state index < -0.39 is 0 Å². The van der Waals surface area contributed by atoms with Crippen molar-refractivity contribution in [3.63, 3.8) is 0 Å². The Labute approximate surface area is 118 Å². The molecule has 3 heteroatoms. The van der Waals surface area contributed by atoms with Crippen LogP contribution in [-0.2, 0) is 4.84 Å². The average molecular weight is 274 g/mol. The van der Waals surface area contributed by atoms with E-state index in [9.17, 15) is 0 Å². The minimum Gasteiger partial charge on any atom is -0.299 e. The molecule has 0 aromatic heterocycles. The molecular formula is C15H28ClNO. The third-order valence-corrected chi connectivity index (χ3v) is 2.44. The van der Waals surface area contributed by atoms with Crippen molar-refractivity contribution in [2.24, 2.45) is 0 Å². The number of halogens is 1. The molecule has 1 atom stereocenters. The summed E-state index contributed by atoms with van der Waals surface area (Å²) < 4.78 is 0. The zero-order chi connectivity index (χ0) is 14.4. The van der Waals surface area contributed by atoms with Gasteiger partial charge in [-0.3, -0.25) is 4.84 Å². The first-order chi connectivity index (χ1) is 8.70. The second kappa shape index (κ2) is 14.5. The van der Waals surface area contributed by atoms with Gasteiger partial charge in [-0.15, -0.1) is 0 Å². The highest BCUT2D eigenvalue weighted by Gasteiger charge is 2.15. The maximum atomic E-state index is 5.54. The van der Waals surface area contributed by atoms with Gasteiger partial charge < -0.3 is 0 Å². The lowest BCUT2D eigenvalue weighted by molar-refractivity contribution is -0.106. The molecule has 0 spiro atoms. The summed E-state index contributed by atoms with van der Waals surface area (Å²) in [5.74, 6) is 0. The van der Waals surface area contributed by atoms with Gasteiger partial charge in [0, 0.05) is 18.1 Å². The van der Waals surface area contributed by atoms with Gasteiger partial charge in [0.2, 0.25) is 0 Å². The van der Waals surface area contributed by atoms with Crippen molar-refractivity contribution in [1.29, 1.82) is 0 Å². The molecule has 2 rings (SSSR count). The van der Waals surface area contributed by atoms with Gasteiger partial charge >= 0.3 is 0 Å². The summed E-state index contributed by atoms with van der Waals surface area (Å²) in [7, 11) is 1.97. The standard InChI is InChI=1S/C6H5Cl.C5H11NO.2C2H6/c7-6-4-2-1-3-5-6;1-5-3-4-7-6(5)2;2*1-2/h1-5H;5H,3-4H2,1-2H3;2*1-2H3/t;5-;;/m.1../s1. The van der Waals surface area contributed by atoms with Gasteiger partial charge in [-0.1, -0.05) is 57.5 Å². The van der Waals surface area contributed by atoms with Crippen LogP contribution in [0.2, 0.25) is 5.02 Å². The molecule has 18 heavy (non-hydrogen) atoms. The number of benzene rings is 1. The van der Waals surface area contributed by atoms with Gasteiger partial charge in [-0.25, -0.2) is 0 Å². The Bertz CT molecular complexity index is 246. The lowest BCUT2D eigenvalue weighted by Crippen LogP contribution is -2.19. The molecule has 1 aliphatic heterocycles. The molecule has 0 N–H and O–H groups in total. The van der Waals surface area contributed by atoms with E-state index in [1.807, 2.05) is 70.1 Å². The average Bonchev–Trinajstić information content (AvgIpc) is 2.80. The van der Waals surface area contributed by atoms with Crippen LogP contribution in [0.15, 0.2) is 30.3 Å². The first-order valence-corrected chi connectivity index (χ1v) is 7.14. The van der Waals surface area contributed by atoms with E-state index in [2.05, 4.69) is 6.92 Å². The Morgan fingerprint density at radius 3 is 1.78 bits per heavy atom. The Morgan fingerprint density at radius 1 is 1.11 bits per heavy atom. The molecule has 1 aromatic carbocycles. The van der Waals surface area contributed by atoms with Crippen LogP contribution in [0.25, 0.3) is 0 Å². The minimum atomic E-state index is 0.625. The zero-order valence-corrected chi connectivity index (χ0v) is 13.4. The number of hydroxylamine groups is 2. The molecule has 1 aliphatic rings. The number of hydrogen-bond donors (Lipinski definition) is 0. The fourth-order valence-electron chi connectivity index (χ4n) is 1.09. The molecule has 0 bridgehead atoms. The predicted octanol–water partition coefficient (Wildman–Crippen LogP) is 5.03. The molecule has 1 heterocycles. The SMILES string of the molecule is CC.CC.C[C@@H]1CCON1C.Clc1ccccc1. The van der Waals surface area contributed by atoms with Gasteiger partial charge in [0.1, 0.15) is 0 Å². The van der Waals surface area contributed by atoms with E-state index in [4.69, 9.17) is 16.4 Å². The summed E-state index contributed by atoms with van der Waals surface area (Å²) in [5.41, 5.74) is 0. The van der Waals surface area contributed by atoms with Crippen molar-refractivity contribution in [2.45, 2.75) is 47.1 Å². The maximum absolute atomic E-state index is 5.54. The smallest absolute Gasteiger partial charge is 0.0700 e. The second-order valence-electron chi connectivity index (χ2n) is 3.31. The Balaban J connectivity index is 0. The van der Waals surface area contributed by atoms with Gasteiger partial charge in [0.05, 0.1) is 6.61 Å². The molecule has 1 aromatic rings. The monoisotopic (exact) mass is 273 g/mol. The van der Waals surface area contributed by atoms with Gasteiger partial charge in [0.15, 0.2) is 0 Å². The third kappa shape index (κ3) is 10.6. The van der Waals surface area contributed by atoms with Crippen LogP contribution in [0.4, 0.5) is 0 Å². The Kier molecular flexibility index (Phi) is 15.9. The van der Waals surface area contributed by atoms with Crippen LogP contribution in [0.3, 0.4) is 0 Å². The quantitative estimate of drug-likeness (QED) is 0.657. The molecule has 0 saturated carbocycles. The highest BCUT2D eigenvalue weighted by Crippen LogP contribution is 2.09. The Hall–Kier alpha value is -0.570. The maximum Gasteiger partial charge on any atom is 0.0700 e. The second-order valence-corrected chi connectivity index (χ2v) is 3.75.